The fraction of sp³-hybridized carbons (Fsp3) is 0.238. The third-order valence-electron chi connectivity index (χ3n) is 4.31. The Balaban J connectivity index is 1.56. The average Bonchev–Trinajstić information content (AvgIpc) is 3.13. The minimum atomic E-state index is -0.565. The molecule has 0 aliphatic rings. The van der Waals surface area contributed by atoms with Crippen molar-refractivity contribution in [1.82, 2.24) is 20.5 Å². The highest BCUT2D eigenvalue weighted by Gasteiger charge is 2.20. The van der Waals surface area contributed by atoms with Crippen LogP contribution in [-0.4, -0.2) is 32.4 Å². The van der Waals surface area contributed by atoms with Crippen molar-refractivity contribution in [2.75, 3.05) is 5.32 Å². The molecule has 1 atom stereocenters. The molecule has 8 heteroatoms. The van der Waals surface area contributed by atoms with Crippen LogP contribution < -0.4 is 10.6 Å². The number of rotatable bonds is 5. The smallest absolute Gasteiger partial charge is 0.307 e. The molecule has 0 aliphatic heterocycles. The quantitative estimate of drug-likeness (QED) is 0.548. The molecule has 1 unspecified atom stereocenters. The van der Waals surface area contributed by atoms with Crippen molar-refractivity contribution in [2.24, 2.45) is 0 Å². The summed E-state index contributed by atoms with van der Waals surface area (Å²) in [5, 5.41) is 12.0. The van der Waals surface area contributed by atoms with Gasteiger partial charge >= 0.3 is 6.03 Å². The SMILES string of the molecule is Cc1ccc(-c2nc(SC(C)C(=O)NC(=O)Nc3ccc(C)cc3C)n[nH]2)cc1. The van der Waals surface area contributed by atoms with Crippen molar-refractivity contribution in [1.29, 1.82) is 0 Å². The molecule has 7 nitrogen and oxygen atoms in total. The first-order chi connectivity index (χ1) is 13.8. The second-order valence-electron chi connectivity index (χ2n) is 6.85. The first kappa shape index (κ1) is 20.6. The lowest BCUT2D eigenvalue weighted by atomic mass is 10.1. The van der Waals surface area contributed by atoms with E-state index < -0.39 is 17.2 Å². The number of hydrogen-bond donors (Lipinski definition) is 3. The monoisotopic (exact) mass is 409 g/mol. The minimum Gasteiger partial charge on any atom is -0.307 e. The fourth-order valence-corrected chi connectivity index (χ4v) is 3.40. The van der Waals surface area contributed by atoms with Gasteiger partial charge in [0.05, 0.1) is 5.25 Å². The van der Waals surface area contributed by atoms with Crippen LogP contribution >= 0.6 is 11.8 Å². The highest BCUT2D eigenvalue weighted by molar-refractivity contribution is 8.00. The summed E-state index contributed by atoms with van der Waals surface area (Å²) in [6, 6.07) is 13.0. The van der Waals surface area contributed by atoms with Gasteiger partial charge < -0.3 is 5.32 Å². The Morgan fingerprint density at radius 1 is 1.03 bits per heavy atom. The lowest BCUT2D eigenvalue weighted by Crippen LogP contribution is -2.39. The number of carbonyl (C=O) groups is 2. The maximum atomic E-state index is 12.3. The molecule has 0 spiro atoms. The Kier molecular flexibility index (Phi) is 6.33. The number of imide groups is 1. The molecule has 2 aromatic carbocycles. The number of H-pyrrole nitrogens is 1. The Morgan fingerprint density at radius 3 is 2.41 bits per heavy atom. The number of benzene rings is 2. The van der Waals surface area contributed by atoms with Crippen molar-refractivity contribution in [3.05, 3.63) is 59.2 Å². The molecular weight excluding hydrogens is 386 g/mol. The summed E-state index contributed by atoms with van der Waals surface area (Å²) < 4.78 is 0. The van der Waals surface area contributed by atoms with E-state index in [0.717, 1.165) is 22.3 Å². The van der Waals surface area contributed by atoms with Gasteiger partial charge in [-0.1, -0.05) is 59.3 Å². The summed E-state index contributed by atoms with van der Waals surface area (Å²) in [6.07, 6.45) is 0. The third kappa shape index (κ3) is 5.45. The maximum Gasteiger partial charge on any atom is 0.325 e. The number of thioether (sulfide) groups is 1. The van der Waals surface area contributed by atoms with Gasteiger partial charge in [0.1, 0.15) is 0 Å². The largest absolute Gasteiger partial charge is 0.325 e. The van der Waals surface area contributed by atoms with Crippen molar-refractivity contribution >= 4 is 29.4 Å². The van der Waals surface area contributed by atoms with Crippen LogP contribution in [0.4, 0.5) is 10.5 Å². The van der Waals surface area contributed by atoms with Gasteiger partial charge in [0, 0.05) is 11.3 Å². The van der Waals surface area contributed by atoms with Gasteiger partial charge in [0.15, 0.2) is 5.82 Å². The number of aromatic nitrogens is 3. The molecule has 0 saturated carbocycles. The van der Waals surface area contributed by atoms with E-state index in [9.17, 15) is 9.59 Å². The van der Waals surface area contributed by atoms with Gasteiger partial charge in [-0.15, -0.1) is 5.10 Å². The third-order valence-corrected chi connectivity index (χ3v) is 5.27. The summed E-state index contributed by atoms with van der Waals surface area (Å²) in [7, 11) is 0. The number of aromatic amines is 1. The molecule has 0 fully saturated rings. The molecule has 3 amide bonds. The van der Waals surface area contributed by atoms with Crippen LogP contribution in [0.5, 0.6) is 0 Å². The predicted molar refractivity (Wildman–Crippen MR) is 115 cm³/mol. The number of anilines is 1. The molecule has 0 bridgehead atoms. The van der Waals surface area contributed by atoms with Gasteiger partial charge in [-0.3, -0.25) is 15.2 Å². The van der Waals surface area contributed by atoms with Crippen LogP contribution in [0.25, 0.3) is 11.4 Å². The normalized spacial score (nSPS) is 11.7. The molecule has 150 valence electrons. The Morgan fingerprint density at radius 2 is 1.72 bits per heavy atom. The maximum absolute atomic E-state index is 12.3. The Labute approximate surface area is 173 Å². The lowest BCUT2D eigenvalue weighted by Gasteiger charge is -2.12. The van der Waals surface area contributed by atoms with Gasteiger partial charge in [-0.25, -0.2) is 9.78 Å². The van der Waals surface area contributed by atoms with E-state index >= 15 is 0 Å². The summed E-state index contributed by atoms with van der Waals surface area (Å²) in [5.41, 5.74) is 4.77. The van der Waals surface area contributed by atoms with Crippen molar-refractivity contribution in [3.8, 4) is 11.4 Å². The van der Waals surface area contributed by atoms with Gasteiger partial charge in [-0.05, 0) is 39.3 Å². The van der Waals surface area contributed by atoms with Crippen LogP contribution in [0.3, 0.4) is 0 Å². The fourth-order valence-electron chi connectivity index (χ4n) is 2.67. The van der Waals surface area contributed by atoms with E-state index in [1.807, 2.05) is 63.2 Å². The average molecular weight is 410 g/mol. The molecular formula is C21H23N5O2S. The molecule has 0 radical (unpaired) electrons. The van der Waals surface area contributed by atoms with Crippen LogP contribution in [0.2, 0.25) is 0 Å². The molecule has 0 saturated heterocycles. The first-order valence-electron chi connectivity index (χ1n) is 9.17. The standard InChI is InChI=1S/C21H23N5O2S/c1-12-5-8-16(9-6-12)18-23-21(26-25-18)29-15(4)19(27)24-20(28)22-17-10-7-13(2)11-14(17)3/h5-11,15H,1-4H3,(H,23,25,26)(H2,22,24,27,28). The van der Waals surface area contributed by atoms with Crippen LogP contribution in [-0.2, 0) is 4.79 Å². The summed E-state index contributed by atoms with van der Waals surface area (Å²) in [5.74, 6) is 0.214. The highest BCUT2D eigenvalue weighted by atomic mass is 32.2. The van der Waals surface area contributed by atoms with E-state index in [-0.39, 0.29) is 0 Å². The molecule has 0 aliphatic carbocycles. The van der Waals surface area contributed by atoms with E-state index in [2.05, 4.69) is 25.8 Å². The van der Waals surface area contributed by atoms with Crippen molar-refractivity contribution in [2.45, 2.75) is 38.1 Å². The molecule has 29 heavy (non-hydrogen) atoms. The summed E-state index contributed by atoms with van der Waals surface area (Å²) in [4.78, 5) is 28.9. The number of carbonyl (C=O) groups excluding carboxylic acids is 2. The molecule has 3 N–H and O–H groups in total. The highest BCUT2D eigenvalue weighted by Crippen LogP contribution is 2.23. The first-order valence-corrected chi connectivity index (χ1v) is 10.0. The lowest BCUT2D eigenvalue weighted by molar-refractivity contribution is -0.119. The Bertz CT molecular complexity index is 1030. The number of nitrogens with one attached hydrogen (secondary N) is 3. The van der Waals surface area contributed by atoms with Crippen LogP contribution in [0.15, 0.2) is 47.6 Å². The van der Waals surface area contributed by atoms with Gasteiger partial charge in [0.25, 0.3) is 0 Å². The van der Waals surface area contributed by atoms with E-state index in [1.54, 1.807) is 6.92 Å². The van der Waals surface area contributed by atoms with Crippen molar-refractivity contribution < 1.29 is 9.59 Å². The van der Waals surface area contributed by atoms with E-state index in [1.165, 1.54) is 11.8 Å². The molecule has 1 aromatic heterocycles. The zero-order valence-electron chi connectivity index (χ0n) is 16.7. The van der Waals surface area contributed by atoms with E-state index in [0.29, 0.717) is 16.7 Å². The van der Waals surface area contributed by atoms with Crippen LogP contribution in [0, 0.1) is 20.8 Å². The summed E-state index contributed by atoms with van der Waals surface area (Å²) >= 11 is 1.18. The molecule has 3 aromatic rings. The number of aryl methyl sites for hydroxylation is 3. The molecule has 1 heterocycles. The number of amides is 3. The van der Waals surface area contributed by atoms with Crippen molar-refractivity contribution in [3.63, 3.8) is 0 Å². The second-order valence-corrected chi connectivity index (χ2v) is 8.16. The van der Waals surface area contributed by atoms with Gasteiger partial charge in [0.2, 0.25) is 11.1 Å². The number of urea groups is 1. The summed E-state index contributed by atoms with van der Waals surface area (Å²) in [6.45, 7) is 7.60. The zero-order valence-corrected chi connectivity index (χ0v) is 17.6. The van der Waals surface area contributed by atoms with Gasteiger partial charge in [-0.2, -0.15) is 0 Å². The second kappa shape index (κ2) is 8.91. The number of hydrogen-bond acceptors (Lipinski definition) is 5. The topological polar surface area (TPSA) is 99.8 Å². The minimum absolute atomic E-state index is 0.418. The van der Waals surface area contributed by atoms with Crippen LogP contribution in [0.1, 0.15) is 23.6 Å². The number of nitrogens with zero attached hydrogens (tertiary/aromatic N) is 2. The van der Waals surface area contributed by atoms with E-state index in [4.69, 9.17) is 0 Å². The zero-order chi connectivity index (χ0) is 21.0. The molecule has 3 rings (SSSR count). The Hall–Kier alpha value is -3.13. The predicted octanol–water partition coefficient (Wildman–Crippen LogP) is 4.23.